The van der Waals surface area contributed by atoms with E-state index in [-0.39, 0.29) is 18.0 Å². The topological polar surface area (TPSA) is 53.4 Å². The van der Waals surface area contributed by atoms with E-state index < -0.39 is 6.55 Å². The molecule has 4 rings (SSSR count). The van der Waals surface area contributed by atoms with E-state index in [1.807, 2.05) is 19.9 Å². The first kappa shape index (κ1) is 19.3. The van der Waals surface area contributed by atoms with Crippen LogP contribution in [0.4, 0.5) is 8.78 Å². The van der Waals surface area contributed by atoms with Crippen molar-refractivity contribution in [2.75, 3.05) is 26.2 Å². The van der Waals surface area contributed by atoms with Crippen LogP contribution in [0.1, 0.15) is 45.1 Å². The molecular formula is C20H27F2N5O. The van der Waals surface area contributed by atoms with Crippen molar-refractivity contribution in [2.24, 2.45) is 0 Å². The maximum absolute atomic E-state index is 13.7. The van der Waals surface area contributed by atoms with Crippen molar-refractivity contribution >= 4 is 16.9 Å². The van der Waals surface area contributed by atoms with Gasteiger partial charge >= 0.3 is 6.55 Å². The molecule has 8 heteroatoms. The molecule has 2 aliphatic rings. The quantitative estimate of drug-likeness (QED) is 0.823. The SMILES string of the molecule is CC(C(=O)NC1CC1)N1CCN(C(C)c2nc3ccccc3n2C(F)F)CC1. The minimum Gasteiger partial charge on any atom is -0.352 e. The fourth-order valence-corrected chi connectivity index (χ4v) is 3.95. The molecule has 0 bridgehead atoms. The Bertz CT molecular complexity index is 842. The number of para-hydroxylation sites is 2. The number of nitrogens with one attached hydrogen (secondary N) is 1. The monoisotopic (exact) mass is 391 g/mol. The predicted molar refractivity (Wildman–Crippen MR) is 103 cm³/mol. The smallest absolute Gasteiger partial charge is 0.320 e. The Morgan fingerprint density at radius 3 is 2.39 bits per heavy atom. The van der Waals surface area contributed by atoms with Crippen molar-refractivity contribution in [2.45, 2.75) is 51.4 Å². The molecule has 28 heavy (non-hydrogen) atoms. The Kier molecular flexibility index (Phi) is 5.33. The normalized spacial score (nSPS) is 21.2. The fourth-order valence-electron chi connectivity index (χ4n) is 3.95. The molecule has 0 spiro atoms. The molecule has 2 unspecified atom stereocenters. The van der Waals surface area contributed by atoms with Crippen LogP contribution in [0.15, 0.2) is 24.3 Å². The first-order chi connectivity index (χ1) is 13.5. The van der Waals surface area contributed by atoms with E-state index in [9.17, 15) is 13.6 Å². The molecule has 1 amide bonds. The Balaban J connectivity index is 1.44. The number of amides is 1. The maximum atomic E-state index is 13.7. The third-order valence-electron chi connectivity index (χ3n) is 5.94. The molecule has 1 saturated carbocycles. The lowest BCUT2D eigenvalue weighted by molar-refractivity contribution is -0.126. The third kappa shape index (κ3) is 3.75. The number of nitrogens with zero attached hydrogens (tertiary/aromatic N) is 4. The highest BCUT2D eigenvalue weighted by molar-refractivity contribution is 5.81. The van der Waals surface area contributed by atoms with E-state index in [1.165, 1.54) is 0 Å². The fraction of sp³-hybridized carbons (Fsp3) is 0.600. The van der Waals surface area contributed by atoms with Gasteiger partial charge in [-0.1, -0.05) is 12.1 Å². The minimum atomic E-state index is -2.63. The largest absolute Gasteiger partial charge is 0.352 e. The molecule has 1 N–H and O–H groups in total. The summed E-state index contributed by atoms with van der Waals surface area (Å²) in [4.78, 5) is 21.1. The van der Waals surface area contributed by atoms with Gasteiger partial charge in [0.1, 0.15) is 5.82 Å². The zero-order valence-electron chi connectivity index (χ0n) is 16.3. The van der Waals surface area contributed by atoms with Crippen LogP contribution < -0.4 is 5.32 Å². The van der Waals surface area contributed by atoms with Gasteiger partial charge in [-0.3, -0.25) is 19.2 Å². The second-order valence-corrected chi connectivity index (χ2v) is 7.81. The van der Waals surface area contributed by atoms with Crippen molar-refractivity contribution in [1.82, 2.24) is 24.7 Å². The van der Waals surface area contributed by atoms with E-state index in [4.69, 9.17) is 0 Å². The van der Waals surface area contributed by atoms with Crippen LogP contribution in [0.5, 0.6) is 0 Å². The summed E-state index contributed by atoms with van der Waals surface area (Å²) in [6.45, 7) is 4.14. The summed E-state index contributed by atoms with van der Waals surface area (Å²) in [5.41, 5.74) is 1.05. The Labute approximate surface area is 163 Å². The molecule has 0 radical (unpaired) electrons. The molecule has 1 aromatic heterocycles. The number of hydrogen-bond donors (Lipinski definition) is 1. The zero-order chi connectivity index (χ0) is 19.8. The molecule has 1 saturated heterocycles. The van der Waals surface area contributed by atoms with Crippen molar-refractivity contribution in [3.05, 3.63) is 30.1 Å². The number of carbonyl (C=O) groups is 1. The molecule has 1 aromatic carbocycles. The summed E-state index contributed by atoms with van der Waals surface area (Å²) in [6, 6.07) is 6.99. The third-order valence-corrected chi connectivity index (χ3v) is 5.94. The predicted octanol–water partition coefficient (Wildman–Crippen LogP) is 2.78. The first-order valence-corrected chi connectivity index (χ1v) is 9.99. The van der Waals surface area contributed by atoms with Crippen molar-refractivity contribution in [3.63, 3.8) is 0 Å². The van der Waals surface area contributed by atoms with Crippen LogP contribution in [0.25, 0.3) is 11.0 Å². The number of alkyl halides is 2. The van der Waals surface area contributed by atoms with Gasteiger partial charge in [-0.05, 0) is 38.8 Å². The highest BCUT2D eigenvalue weighted by Crippen LogP contribution is 2.30. The molecule has 2 heterocycles. The highest BCUT2D eigenvalue weighted by Gasteiger charge is 2.32. The zero-order valence-corrected chi connectivity index (χ0v) is 16.3. The van der Waals surface area contributed by atoms with Gasteiger partial charge in [0.05, 0.1) is 23.1 Å². The van der Waals surface area contributed by atoms with Gasteiger partial charge in [-0.15, -0.1) is 0 Å². The number of fused-ring (bicyclic) bond motifs is 1. The van der Waals surface area contributed by atoms with Crippen LogP contribution in [0.3, 0.4) is 0 Å². The average molecular weight is 391 g/mol. The lowest BCUT2D eigenvalue weighted by Crippen LogP contribution is -2.54. The molecule has 2 atom stereocenters. The number of rotatable bonds is 6. The molecular weight excluding hydrogens is 364 g/mol. The average Bonchev–Trinajstić information content (AvgIpc) is 3.42. The van der Waals surface area contributed by atoms with Crippen molar-refractivity contribution in [3.8, 4) is 0 Å². The van der Waals surface area contributed by atoms with Gasteiger partial charge in [0, 0.05) is 32.2 Å². The summed E-state index contributed by atoms with van der Waals surface area (Å²) in [7, 11) is 0. The summed E-state index contributed by atoms with van der Waals surface area (Å²) in [5, 5.41) is 3.05. The Morgan fingerprint density at radius 1 is 1.11 bits per heavy atom. The van der Waals surface area contributed by atoms with E-state index >= 15 is 0 Å². The van der Waals surface area contributed by atoms with E-state index in [0.717, 1.165) is 30.5 Å². The number of halogens is 2. The lowest BCUT2D eigenvalue weighted by Gasteiger charge is -2.39. The highest BCUT2D eigenvalue weighted by atomic mass is 19.3. The molecule has 2 fully saturated rings. The second-order valence-electron chi connectivity index (χ2n) is 7.81. The van der Waals surface area contributed by atoms with E-state index in [2.05, 4.69) is 20.1 Å². The standard InChI is InChI=1S/C20H27F2N5O/c1-13(18-24-16-5-3-4-6-17(16)27(18)20(21)22)25-9-11-26(12-10-25)14(2)19(28)23-15-7-8-15/h3-6,13-15,20H,7-12H2,1-2H3,(H,23,28). The van der Waals surface area contributed by atoms with Crippen molar-refractivity contribution < 1.29 is 13.6 Å². The molecule has 152 valence electrons. The Hall–Kier alpha value is -2.06. The first-order valence-electron chi connectivity index (χ1n) is 9.99. The molecule has 1 aliphatic carbocycles. The van der Waals surface area contributed by atoms with Crippen LogP contribution in [-0.4, -0.2) is 63.5 Å². The van der Waals surface area contributed by atoms with Crippen LogP contribution >= 0.6 is 0 Å². The Morgan fingerprint density at radius 2 is 1.75 bits per heavy atom. The molecule has 1 aliphatic heterocycles. The van der Waals surface area contributed by atoms with Gasteiger partial charge in [0.2, 0.25) is 5.91 Å². The van der Waals surface area contributed by atoms with E-state index in [1.54, 1.807) is 18.2 Å². The van der Waals surface area contributed by atoms with Crippen LogP contribution in [0.2, 0.25) is 0 Å². The lowest BCUT2D eigenvalue weighted by atomic mass is 10.1. The molecule has 2 aromatic rings. The molecule has 6 nitrogen and oxygen atoms in total. The van der Waals surface area contributed by atoms with Gasteiger partial charge in [0.25, 0.3) is 0 Å². The number of hydrogen-bond acceptors (Lipinski definition) is 4. The van der Waals surface area contributed by atoms with Gasteiger partial charge in [-0.2, -0.15) is 8.78 Å². The van der Waals surface area contributed by atoms with Crippen molar-refractivity contribution in [1.29, 1.82) is 0 Å². The van der Waals surface area contributed by atoms with Gasteiger partial charge in [-0.25, -0.2) is 4.98 Å². The van der Waals surface area contributed by atoms with E-state index in [0.29, 0.717) is 36.0 Å². The summed E-state index contributed by atoms with van der Waals surface area (Å²) >= 11 is 0. The number of imidazole rings is 1. The number of carbonyl (C=O) groups excluding carboxylic acids is 1. The summed E-state index contributed by atoms with van der Waals surface area (Å²) in [6.07, 6.45) is 2.16. The van der Waals surface area contributed by atoms with Gasteiger partial charge in [0.15, 0.2) is 0 Å². The second kappa shape index (κ2) is 7.75. The minimum absolute atomic E-state index is 0.0866. The van der Waals surface area contributed by atoms with Crippen LogP contribution in [0, 0.1) is 0 Å². The number of aromatic nitrogens is 2. The number of piperazine rings is 1. The summed E-state index contributed by atoms with van der Waals surface area (Å²) in [5.74, 6) is 0.479. The number of benzene rings is 1. The summed E-state index contributed by atoms with van der Waals surface area (Å²) < 4.78 is 28.5. The van der Waals surface area contributed by atoms with Gasteiger partial charge < -0.3 is 5.32 Å². The maximum Gasteiger partial charge on any atom is 0.320 e. The van der Waals surface area contributed by atoms with Crippen LogP contribution in [-0.2, 0) is 4.79 Å².